The molecule has 0 radical (unpaired) electrons. The maximum absolute atomic E-state index is 13.2. The number of fused-ring (bicyclic) bond motifs is 3. The van der Waals surface area contributed by atoms with E-state index in [2.05, 4.69) is 15.5 Å². The smallest absolute Gasteiger partial charge is 0.360 e. The normalized spacial score (nSPS) is 16.3. The van der Waals surface area contributed by atoms with Crippen LogP contribution in [0.3, 0.4) is 0 Å². The van der Waals surface area contributed by atoms with E-state index in [0.717, 1.165) is 53.3 Å². The van der Waals surface area contributed by atoms with Gasteiger partial charge in [-0.3, -0.25) is 9.36 Å². The lowest BCUT2D eigenvalue weighted by Crippen LogP contribution is -2.33. The molecule has 10 heteroatoms. The second-order valence-electron chi connectivity index (χ2n) is 8.31. The van der Waals surface area contributed by atoms with Crippen molar-refractivity contribution in [1.29, 1.82) is 0 Å². The van der Waals surface area contributed by atoms with Crippen LogP contribution >= 0.6 is 11.3 Å². The van der Waals surface area contributed by atoms with E-state index in [1.165, 1.54) is 28.3 Å². The van der Waals surface area contributed by atoms with Gasteiger partial charge in [-0.1, -0.05) is 17.3 Å². The molecule has 1 aromatic carbocycles. The monoisotopic (exact) mass is 474 g/mol. The number of hydrogen-bond donors (Lipinski definition) is 1. The van der Waals surface area contributed by atoms with Gasteiger partial charge in [-0.05, 0) is 49.4 Å². The predicted molar refractivity (Wildman–Crippen MR) is 118 cm³/mol. The Labute approximate surface area is 191 Å². The second kappa shape index (κ2) is 8.42. The van der Waals surface area contributed by atoms with Gasteiger partial charge in [0.2, 0.25) is 0 Å². The topological polar surface area (TPSA) is 73.0 Å². The Bertz CT molecular complexity index is 1370. The van der Waals surface area contributed by atoms with Gasteiger partial charge in [-0.2, -0.15) is 13.2 Å². The first kappa shape index (κ1) is 21.8. The highest BCUT2D eigenvalue weighted by molar-refractivity contribution is 7.18. The van der Waals surface area contributed by atoms with Gasteiger partial charge in [0.15, 0.2) is 5.76 Å². The number of thiophene rings is 1. The molecule has 33 heavy (non-hydrogen) atoms. The molecule has 3 heterocycles. The second-order valence-corrected chi connectivity index (χ2v) is 9.40. The lowest BCUT2D eigenvalue weighted by atomic mass is 9.93. The summed E-state index contributed by atoms with van der Waals surface area (Å²) in [4.78, 5) is 19.5. The first-order valence-corrected chi connectivity index (χ1v) is 11.4. The van der Waals surface area contributed by atoms with Gasteiger partial charge in [-0.15, -0.1) is 11.3 Å². The third-order valence-corrected chi connectivity index (χ3v) is 7.05. The number of alkyl halides is 3. The van der Waals surface area contributed by atoms with Crippen LogP contribution in [0.5, 0.6) is 0 Å². The predicted octanol–water partition coefficient (Wildman–Crippen LogP) is 4.47. The van der Waals surface area contributed by atoms with Gasteiger partial charge in [0.25, 0.3) is 5.56 Å². The number of halogens is 3. The first-order chi connectivity index (χ1) is 15.8. The Hall–Kier alpha value is -2.98. The van der Waals surface area contributed by atoms with Crippen molar-refractivity contribution in [2.45, 2.75) is 51.5 Å². The summed E-state index contributed by atoms with van der Waals surface area (Å²) >= 11 is 1.52. The van der Waals surface area contributed by atoms with Crippen LogP contribution in [0, 0.1) is 6.92 Å². The van der Waals surface area contributed by atoms with E-state index in [0.29, 0.717) is 22.3 Å². The molecule has 0 amide bonds. The lowest BCUT2D eigenvalue weighted by Gasteiger charge is -2.22. The zero-order valence-corrected chi connectivity index (χ0v) is 18.6. The van der Waals surface area contributed by atoms with Crippen molar-refractivity contribution in [3.63, 3.8) is 0 Å². The first-order valence-electron chi connectivity index (χ1n) is 10.6. The molecule has 1 atom stereocenters. The Morgan fingerprint density at radius 1 is 1.30 bits per heavy atom. The quantitative estimate of drug-likeness (QED) is 0.462. The summed E-state index contributed by atoms with van der Waals surface area (Å²) in [7, 11) is 0. The Balaban J connectivity index is 1.37. The zero-order valence-electron chi connectivity index (χ0n) is 17.8. The fourth-order valence-electron chi connectivity index (χ4n) is 4.28. The van der Waals surface area contributed by atoms with Crippen molar-refractivity contribution >= 4 is 21.6 Å². The summed E-state index contributed by atoms with van der Waals surface area (Å²) in [6.07, 6.45) is -0.599. The molecule has 172 valence electrons. The van der Waals surface area contributed by atoms with Crippen molar-refractivity contribution in [3.05, 3.63) is 80.0 Å². The van der Waals surface area contributed by atoms with Crippen LogP contribution in [-0.2, 0) is 32.1 Å². The van der Waals surface area contributed by atoms with Gasteiger partial charge < -0.3 is 9.84 Å². The van der Waals surface area contributed by atoms with Gasteiger partial charge in [0.05, 0.1) is 36.1 Å². The number of nitrogens with one attached hydrogen (secondary N) is 1. The van der Waals surface area contributed by atoms with E-state index in [4.69, 9.17) is 4.52 Å². The summed E-state index contributed by atoms with van der Waals surface area (Å²) < 4.78 is 45.7. The number of aromatic nitrogens is 3. The van der Waals surface area contributed by atoms with Crippen molar-refractivity contribution in [2.24, 2.45) is 0 Å². The molecule has 0 spiro atoms. The number of benzene rings is 1. The van der Waals surface area contributed by atoms with Crippen LogP contribution in [-0.4, -0.2) is 20.7 Å². The Kier molecular flexibility index (Phi) is 5.57. The van der Waals surface area contributed by atoms with Crippen molar-refractivity contribution in [3.8, 4) is 0 Å². The molecule has 1 N–H and O–H groups in total. The Morgan fingerprint density at radius 3 is 2.91 bits per heavy atom. The highest BCUT2D eigenvalue weighted by Crippen LogP contribution is 2.34. The molecule has 0 fully saturated rings. The maximum Gasteiger partial charge on any atom is 0.416 e. The summed E-state index contributed by atoms with van der Waals surface area (Å²) in [6.45, 7) is 2.51. The highest BCUT2D eigenvalue weighted by Gasteiger charge is 2.30. The van der Waals surface area contributed by atoms with Crippen LogP contribution < -0.4 is 10.9 Å². The van der Waals surface area contributed by atoms with Gasteiger partial charge in [-0.25, -0.2) is 4.98 Å². The lowest BCUT2D eigenvalue weighted by molar-refractivity contribution is -0.137. The van der Waals surface area contributed by atoms with Crippen molar-refractivity contribution < 1.29 is 17.7 Å². The minimum atomic E-state index is -4.42. The summed E-state index contributed by atoms with van der Waals surface area (Å²) in [5, 5.41) is 7.98. The van der Waals surface area contributed by atoms with Gasteiger partial charge in [0.1, 0.15) is 4.83 Å². The molecule has 4 aromatic rings. The number of rotatable bonds is 5. The third-order valence-electron chi connectivity index (χ3n) is 5.88. The van der Waals surface area contributed by atoms with Crippen LogP contribution in [0.1, 0.15) is 39.4 Å². The van der Waals surface area contributed by atoms with E-state index in [9.17, 15) is 18.0 Å². The molecule has 0 aliphatic heterocycles. The van der Waals surface area contributed by atoms with Crippen LogP contribution in [0.4, 0.5) is 13.2 Å². The minimum absolute atomic E-state index is 0.0388. The molecule has 5 rings (SSSR count). The molecular weight excluding hydrogens is 453 g/mol. The average molecular weight is 475 g/mol. The molecule has 0 bridgehead atoms. The number of hydrogen-bond acceptors (Lipinski definition) is 6. The van der Waals surface area contributed by atoms with Crippen LogP contribution in [0.2, 0.25) is 0 Å². The standard InChI is InChI=1S/C23H21F3N4O2S/c1-13-7-17(32-29-13)10-27-16-5-6-18-19(9-16)33-21-20(18)22(31)30(12-28-21)11-14-3-2-4-15(8-14)23(24,25)26/h2-4,7-8,12,16,27H,5-6,9-11H2,1H3/t16-/m1/s1. The molecule has 6 nitrogen and oxygen atoms in total. The van der Waals surface area contributed by atoms with E-state index >= 15 is 0 Å². The third kappa shape index (κ3) is 4.45. The zero-order chi connectivity index (χ0) is 23.2. The largest absolute Gasteiger partial charge is 0.416 e. The average Bonchev–Trinajstić information content (AvgIpc) is 3.36. The number of aryl methyl sites for hydroxylation is 2. The fraction of sp³-hybridized carbons (Fsp3) is 0.348. The van der Waals surface area contributed by atoms with Crippen LogP contribution in [0.15, 0.2) is 46.0 Å². The van der Waals surface area contributed by atoms with Crippen molar-refractivity contribution in [1.82, 2.24) is 20.0 Å². The molecular formula is C23H21F3N4O2S. The SMILES string of the molecule is Cc1cc(CN[C@@H]2CCc3c(sc4ncn(Cc5cccc(C(F)(F)F)c5)c(=O)c34)C2)on1. The maximum atomic E-state index is 13.2. The molecule has 0 saturated carbocycles. The molecule has 3 aromatic heterocycles. The summed E-state index contributed by atoms with van der Waals surface area (Å²) in [6, 6.07) is 7.19. The molecule has 1 aliphatic rings. The molecule has 0 saturated heterocycles. The van der Waals surface area contributed by atoms with Gasteiger partial charge >= 0.3 is 6.18 Å². The van der Waals surface area contributed by atoms with Gasteiger partial charge in [0, 0.05) is 17.0 Å². The summed E-state index contributed by atoms with van der Waals surface area (Å²) in [5.41, 5.74) is 1.32. The Morgan fingerprint density at radius 2 is 2.15 bits per heavy atom. The van der Waals surface area contributed by atoms with E-state index in [1.807, 2.05) is 13.0 Å². The van der Waals surface area contributed by atoms with Crippen molar-refractivity contribution in [2.75, 3.05) is 0 Å². The minimum Gasteiger partial charge on any atom is -0.360 e. The highest BCUT2D eigenvalue weighted by atomic mass is 32.1. The van der Waals surface area contributed by atoms with E-state index < -0.39 is 11.7 Å². The summed E-state index contributed by atoms with van der Waals surface area (Å²) in [5.74, 6) is 0.786. The molecule has 1 aliphatic carbocycles. The fourth-order valence-corrected chi connectivity index (χ4v) is 5.53. The van der Waals surface area contributed by atoms with Crippen LogP contribution in [0.25, 0.3) is 10.2 Å². The molecule has 0 unspecified atom stereocenters. The van der Waals surface area contributed by atoms with E-state index in [1.54, 1.807) is 6.07 Å². The van der Waals surface area contributed by atoms with E-state index in [-0.39, 0.29) is 18.1 Å². The number of nitrogens with zero attached hydrogens (tertiary/aromatic N) is 3.